The van der Waals surface area contributed by atoms with Gasteiger partial charge in [0.2, 0.25) is 0 Å². The number of hydrogen-bond donors (Lipinski definition) is 1. The van der Waals surface area contributed by atoms with Gasteiger partial charge in [0.05, 0.1) is 18.8 Å². The molecule has 2 aromatic carbocycles. The molecule has 0 amide bonds. The van der Waals surface area contributed by atoms with E-state index in [0.717, 1.165) is 32.4 Å². The van der Waals surface area contributed by atoms with Crippen molar-refractivity contribution in [2.24, 2.45) is 0 Å². The summed E-state index contributed by atoms with van der Waals surface area (Å²) in [5.74, 6) is 0. The number of nitrogens with zero attached hydrogens (tertiary/aromatic N) is 1. The second-order valence-electron chi connectivity index (χ2n) is 7.32. The summed E-state index contributed by atoms with van der Waals surface area (Å²) in [6.07, 6.45) is 4.15. The van der Waals surface area contributed by atoms with Gasteiger partial charge in [-0.25, -0.2) is 0 Å². The van der Waals surface area contributed by atoms with E-state index in [1.54, 1.807) is 0 Å². The lowest BCUT2D eigenvalue weighted by Crippen LogP contribution is -2.38. The van der Waals surface area contributed by atoms with Gasteiger partial charge >= 0.3 is 0 Å². The van der Waals surface area contributed by atoms with Crippen molar-refractivity contribution in [3.05, 3.63) is 70.8 Å². The van der Waals surface area contributed by atoms with Crippen LogP contribution in [-0.4, -0.2) is 35.8 Å². The van der Waals surface area contributed by atoms with Gasteiger partial charge in [-0.3, -0.25) is 4.90 Å². The number of fused-ring (bicyclic) bond motifs is 2. The SMILES string of the molecule is OC(COC1CCCc2ccccc21)CN1CCc2ccccc2C1. The molecule has 0 bridgehead atoms. The summed E-state index contributed by atoms with van der Waals surface area (Å²) in [5, 5.41) is 10.5. The smallest absolute Gasteiger partial charge is 0.0900 e. The fourth-order valence-corrected chi connectivity index (χ4v) is 4.17. The van der Waals surface area contributed by atoms with Crippen LogP contribution in [-0.2, 0) is 24.1 Å². The van der Waals surface area contributed by atoms with E-state index in [1.807, 2.05) is 0 Å². The van der Waals surface area contributed by atoms with Gasteiger partial charge in [-0.2, -0.15) is 0 Å². The fraction of sp³-hybridized carbons (Fsp3) is 0.455. The second-order valence-corrected chi connectivity index (χ2v) is 7.32. The van der Waals surface area contributed by atoms with Crippen molar-refractivity contribution in [1.29, 1.82) is 0 Å². The normalized spacial score (nSPS) is 21.4. The standard InChI is InChI=1S/C22H27NO2/c24-20(15-23-13-12-17-6-1-2-8-19(17)14-23)16-25-22-11-5-9-18-7-3-4-10-21(18)22/h1-4,6-8,10,20,22,24H,5,9,11-16H2. The minimum Gasteiger partial charge on any atom is -0.389 e. The monoisotopic (exact) mass is 337 g/mol. The highest BCUT2D eigenvalue weighted by Gasteiger charge is 2.23. The molecular formula is C22H27NO2. The first-order valence-corrected chi connectivity index (χ1v) is 9.46. The van der Waals surface area contributed by atoms with Gasteiger partial charge in [-0.1, -0.05) is 48.5 Å². The van der Waals surface area contributed by atoms with Crippen LogP contribution < -0.4 is 0 Å². The molecule has 0 saturated carbocycles. The maximum atomic E-state index is 10.5. The zero-order chi connectivity index (χ0) is 17.1. The number of β-amino-alcohol motifs (C(OH)–C–C–N with tert-alkyl or cyclic N) is 1. The van der Waals surface area contributed by atoms with Crippen molar-refractivity contribution in [2.45, 2.75) is 44.4 Å². The fourth-order valence-electron chi connectivity index (χ4n) is 4.17. The minimum atomic E-state index is -0.431. The molecule has 1 aliphatic carbocycles. The summed E-state index contributed by atoms with van der Waals surface area (Å²) in [5.41, 5.74) is 5.56. The molecule has 0 spiro atoms. The third-order valence-electron chi connectivity index (χ3n) is 5.48. The first-order chi connectivity index (χ1) is 12.3. The minimum absolute atomic E-state index is 0.140. The number of aryl methyl sites for hydroxylation is 1. The van der Waals surface area contributed by atoms with Crippen molar-refractivity contribution >= 4 is 0 Å². The topological polar surface area (TPSA) is 32.7 Å². The molecule has 1 N–H and O–H groups in total. The van der Waals surface area contributed by atoms with Crippen molar-refractivity contribution in [3.8, 4) is 0 Å². The molecule has 2 aromatic rings. The summed E-state index contributed by atoms with van der Waals surface area (Å²) in [6.45, 7) is 3.04. The third-order valence-corrected chi connectivity index (χ3v) is 5.48. The molecule has 3 nitrogen and oxygen atoms in total. The van der Waals surface area contributed by atoms with Crippen molar-refractivity contribution in [1.82, 2.24) is 4.90 Å². The Bertz CT molecular complexity index is 715. The summed E-state index contributed by atoms with van der Waals surface area (Å²) in [7, 11) is 0. The predicted molar refractivity (Wildman–Crippen MR) is 99.5 cm³/mol. The quantitative estimate of drug-likeness (QED) is 0.906. The Morgan fingerprint density at radius 3 is 2.64 bits per heavy atom. The predicted octanol–water partition coefficient (Wildman–Crippen LogP) is 3.50. The second kappa shape index (κ2) is 7.69. The summed E-state index contributed by atoms with van der Waals surface area (Å²) in [4.78, 5) is 2.34. The lowest BCUT2D eigenvalue weighted by atomic mass is 9.89. The zero-order valence-electron chi connectivity index (χ0n) is 14.7. The first-order valence-electron chi connectivity index (χ1n) is 9.46. The molecule has 2 aliphatic rings. The highest BCUT2D eigenvalue weighted by molar-refractivity contribution is 5.31. The van der Waals surface area contributed by atoms with Gasteiger partial charge in [0, 0.05) is 19.6 Å². The Morgan fingerprint density at radius 1 is 1.00 bits per heavy atom. The lowest BCUT2D eigenvalue weighted by Gasteiger charge is -2.31. The Labute approximate surface area is 150 Å². The maximum Gasteiger partial charge on any atom is 0.0900 e. The molecule has 0 radical (unpaired) electrons. The largest absolute Gasteiger partial charge is 0.389 e. The van der Waals surface area contributed by atoms with Gasteiger partial charge in [0.1, 0.15) is 0 Å². The van der Waals surface area contributed by atoms with Crippen LogP contribution in [0.25, 0.3) is 0 Å². The average Bonchev–Trinajstić information content (AvgIpc) is 2.66. The van der Waals surface area contributed by atoms with Crippen LogP contribution in [0.1, 0.15) is 41.2 Å². The average molecular weight is 337 g/mol. The van der Waals surface area contributed by atoms with Crippen LogP contribution in [0, 0.1) is 0 Å². The maximum absolute atomic E-state index is 10.5. The van der Waals surface area contributed by atoms with Crippen LogP contribution >= 0.6 is 0 Å². The van der Waals surface area contributed by atoms with E-state index in [9.17, 15) is 5.11 Å². The molecular weight excluding hydrogens is 310 g/mol. The van der Waals surface area contributed by atoms with Gasteiger partial charge in [0.15, 0.2) is 0 Å². The summed E-state index contributed by atoms with van der Waals surface area (Å²) < 4.78 is 6.11. The Balaban J connectivity index is 1.30. The van der Waals surface area contributed by atoms with Crippen LogP contribution in [0.2, 0.25) is 0 Å². The van der Waals surface area contributed by atoms with Crippen LogP contribution in [0.3, 0.4) is 0 Å². The molecule has 0 fully saturated rings. The number of benzene rings is 2. The highest BCUT2D eigenvalue weighted by atomic mass is 16.5. The van der Waals surface area contributed by atoms with Gasteiger partial charge in [-0.05, 0) is 47.9 Å². The zero-order valence-corrected chi connectivity index (χ0v) is 14.7. The number of ether oxygens (including phenoxy) is 1. The number of hydrogen-bond acceptors (Lipinski definition) is 3. The first kappa shape index (κ1) is 16.8. The molecule has 0 saturated heterocycles. The van der Waals surface area contributed by atoms with E-state index in [0.29, 0.717) is 13.2 Å². The summed E-state index contributed by atoms with van der Waals surface area (Å²) in [6, 6.07) is 17.2. The molecule has 132 valence electrons. The molecule has 1 aliphatic heterocycles. The Kier molecular flexibility index (Phi) is 5.16. The molecule has 1 heterocycles. The van der Waals surface area contributed by atoms with E-state index < -0.39 is 6.10 Å². The number of aliphatic hydroxyl groups is 1. The van der Waals surface area contributed by atoms with E-state index in [-0.39, 0.29) is 6.10 Å². The van der Waals surface area contributed by atoms with E-state index >= 15 is 0 Å². The molecule has 0 aromatic heterocycles. The molecule has 3 heteroatoms. The molecule has 2 atom stereocenters. The molecule has 4 rings (SSSR count). The Hall–Kier alpha value is -1.68. The van der Waals surface area contributed by atoms with Crippen LogP contribution in [0.15, 0.2) is 48.5 Å². The third kappa shape index (κ3) is 3.95. The highest BCUT2D eigenvalue weighted by Crippen LogP contribution is 2.32. The van der Waals surface area contributed by atoms with Gasteiger partial charge in [0.25, 0.3) is 0 Å². The van der Waals surface area contributed by atoms with E-state index in [2.05, 4.69) is 53.4 Å². The Morgan fingerprint density at radius 2 is 1.76 bits per heavy atom. The van der Waals surface area contributed by atoms with Crippen molar-refractivity contribution < 1.29 is 9.84 Å². The van der Waals surface area contributed by atoms with E-state index in [1.165, 1.54) is 28.7 Å². The van der Waals surface area contributed by atoms with E-state index in [4.69, 9.17) is 4.74 Å². The lowest BCUT2D eigenvalue weighted by molar-refractivity contribution is -0.0293. The number of aliphatic hydroxyl groups excluding tert-OH is 1. The molecule has 2 unspecified atom stereocenters. The van der Waals surface area contributed by atoms with Crippen LogP contribution in [0.4, 0.5) is 0 Å². The number of rotatable bonds is 5. The van der Waals surface area contributed by atoms with Gasteiger partial charge < -0.3 is 9.84 Å². The van der Waals surface area contributed by atoms with Gasteiger partial charge in [-0.15, -0.1) is 0 Å². The van der Waals surface area contributed by atoms with Crippen molar-refractivity contribution in [3.63, 3.8) is 0 Å². The molecule has 25 heavy (non-hydrogen) atoms. The van der Waals surface area contributed by atoms with Crippen LogP contribution in [0.5, 0.6) is 0 Å². The van der Waals surface area contributed by atoms with Crippen molar-refractivity contribution in [2.75, 3.05) is 19.7 Å². The summed E-state index contributed by atoms with van der Waals surface area (Å²) >= 11 is 0.